The molecule has 2 amide bonds. The lowest BCUT2D eigenvalue weighted by atomic mass is 9.87. The summed E-state index contributed by atoms with van der Waals surface area (Å²) in [5.74, 6) is -2.43. The number of carbonyl (C=O) groups is 2. The molecule has 142 valence electrons. The maximum absolute atomic E-state index is 14.2. The zero-order valence-corrected chi connectivity index (χ0v) is 15.4. The molecule has 0 radical (unpaired) electrons. The van der Waals surface area contributed by atoms with Crippen molar-refractivity contribution in [2.75, 3.05) is 11.1 Å². The van der Waals surface area contributed by atoms with Crippen molar-refractivity contribution < 1.29 is 18.4 Å². The van der Waals surface area contributed by atoms with Gasteiger partial charge in [-0.2, -0.15) is 5.26 Å². The Hall–Kier alpha value is -3.18. The molecule has 2 N–H and O–H groups in total. The van der Waals surface area contributed by atoms with Gasteiger partial charge in [-0.05, 0) is 35.9 Å². The maximum atomic E-state index is 14.2. The summed E-state index contributed by atoms with van der Waals surface area (Å²) in [4.78, 5) is 24.2. The first-order valence-corrected chi connectivity index (χ1v) is 9.33. The van der Waals surface area contributed by atoms with Crippen molar-refractivity contribution in [2.45, 2.75) is 12.3 Å². The molecule has 0 saturated heterocycles. The van der Waals surface area contributed by atoms with E-state index in [0.29, 0.717) is 5.69 Å². The molecule has 2 aromatic carbocycles. The van der Waals surface area contributed by atoms with Crippen molar-refractivity contribution in [2.24, 2.45) is 0 Å². The van der Waals surface area contributed by atoms with Crippen LogP contribution in [0.2, 0.25) is 0 Å². The zero-order chi connectivity index (χ0) is 20.1. The van der Waals surface area contributed by atoms with E-state index in [4.69, 9.17) is 0 Å². The van der Waals surface area contributed by atoms with Gasteiger partial charge in [0.25, 0.3) is 0 Å². The van der Waals surface area contributed by atoms with Crippen LogP contribution in [0.3, 0.4) is 0 Å². The van der Waals surface area contributed by atoms with Crippen molar-refractivity contribution >= 4 is 29.3 Å². The second kappa shape index (κ2) is 8.67. The summed E-state index contributed by atoms with van der Waals surface area (Å²) in [5.41, 5.74) is 0.908. The first kappa shape index (κ1) is 19.6. The molecule has 1 atom stereocenters. The fraction of sp³-hybridized carbons (Fsp3) is 0.150. The summed E-state index contributed by atoms with van der Waals surface area (Å²) < 4.78 is 27.1. The topological polar surface area (TPSA) is 82.0 Å². The van der Waals surface area contributed by atoms with Crippen molar-refractivity contribution in [1.82, 2.24) is 5.32 Å². The molecule has 1 aliphatic heterocycles. The fourth-order valence-electron chi connectivity index (χ4n) is 2.82. The Labute approximate surface area is 164 Å². The monoisotopic (exact) mass is 399 g/mol. The van der Waals surface area contributed by atoms with Gasteiger partial charge >= 0.3 is 0 Å². The van der Waals surface area contributed by atoms with Crippen LogP contribution >= 0.6 is 11.8 Å². The van der Waals surface area contributed by atoms with E-state index in [-0.39, 0.29) is 40.2 Å². The average molecular weight is 399 g/mol. The Bertz CT molecular complexity index is 984. The Morgan fingerprint density at radius 2 is 1.93 bits per heavy atom. The highest BCUT2D eigenvalue weighted by Crippen LogP contribution is 2.36. The summed E-state index contributed by atoms with van der Waals surface area (Å²) in [6.07, 6.45) is -0.0460. The molecule has 0 aliphatic carbocycles. The minimum atomic E-state index is -0.706. The van der Waals surface area contributed by atoms with E-state index in [1.807, 2.05) is 6.07 Å². The molecule has 0 bridgehead atoms. The number of thioether (sulfide) groups is 1. The highest BCUT2D eigenvalue weighted by molar-refractivity contribution is 8.03. The molecule has 0 unspecified atom stereocenters. The molecular formula is C20H15F2N3O2S. The second-order valence-electron chi connectivity index (χ2n) is 6.02. The largest absolute Gasteiger partial charge is 0.325 e. The average Bonchev–Trinajstić information content (AvgIpc) is 2.68. The number of amides is 2. The van der Waals surface area contributed by atoms with Crippen LogP contribution in [0.15, 0.2) is 59.1 Å². The Kier molecular flexibility index (Phi) is 6.06. The van der Waals surface area contributed by atoms with Crippen molar-refractivity contribution in [3.8, 4) is 6.07 Å². The van der Waals surface area contributed by atoms with Gasteiger partial charge in [0.05, 0.1) is 22.4 Å². The van der Waals surface area contributed by atoms with Crippen LogP contribution in [0.1, 0.15) is 17.9 Å². The maximum Gasteiger partial charge on any atom is 0.234 e. The summed E-state index contributed by atoms with van der Waals surface area (Å²) in [6.45, 7) is 0. The number of carbonyl (C=O) groups excluding carboxylic acids is 2. The van der Waals surface area contributed by atoms with Crippen molar-refractivity contribution in [3.05, 3.63) is 76.3 Å². The van der Waals surface area contributed by atoms with Crippen LogP contribution in [-0.2, 0) is 9.59 Å². The number of hydrogen-bond acceptors (Lipinski definition) is 4. The zero-order valence-electron chi connectivity index (χ0n) is 14.5. The van der Waals surface area contributed by atoms with E-state index >= 15 is 0 Å². The second-order valence-corrected chi connectivity index (χ2v) is 7.01. The number of rotatable bonds is 5. The Balaban J connectivity index is 1.76. The number of hydrogen-bond donors (Lipinski definition) is 2. The molecule has 1 heterocycles. The molecule has 8 heteroatoms. The van der Waals surface area contributed by atoms with E-state index in [9.17, 15) is 23.6 Å². The van der Waals surface area contributed by atoms with Gasteiger partial charge in [-0.15, -0.1) is 0 Å². The normalized spacial score (nSPS) is 16.3. The lowest BCUT2D eigenvalue weighted by Crippen LogP contribution is -2.31. The molecule has 1 aliphatic rings. The highest BCUT2D eigenvalue weighted by atomic mass is 32.2. The lowest BCUT2D eigenvalue weighted by Gasteiger charge is -2.25. The lowest BCUT2D eigenvalue weighted by molar-refractivity contribution is -0.121. The van der Waals surface area contributed by atoms with Crippen LogP contribution in [-0.4, -0.2) is 17.6 Å². The Morgan fingerprint density at radius 3 is 2.61 bits per heavy atom. The molecular weight excluding hydrogens is 384 g/mol. The first-order valence-electron chi connectivity index (χ1n) is 8.34. The predicted molar refractivity (Wildman–Crippen MR) is 102 cm³/mol. The summed E-state index contributed by atoms with van der Waals surface area (Å²) in [7, 11) is 0. The third kappa shape index (κ3) is 4.56. The van der Waals surface area contributed by atoms with Crippen LogP contribution < -0.4 is 10.6 Å². The summed E-state index contributed by atoms with van der Waals surface area (Å²) in [6, 6.07) is 13.3. The third-order valence-electron chi connectivity index (χ3n) is 4.11. The third-order valence-corrected chi connectivity index (χ3v) is 5.13. The van der Waals surface area contributed by atoms with Gasteiger partial charge in [0.15, 0.2) is 0 Å². The number of halogens is 2. The highest BCUT2D eigenvalue weighted by Gasteiger charge is 2.31. The van der Waals surface area contributed by atoms with Gasteiger partial charge in [-0.1, -0.05) is 30.0 Å². The van der Waals surface area contributed by atoms with Gasteiger partial charge < -0.3 is 10.6 Å². The molecule has 0 fully saturated rings. The number of nitrogens with one attached hydrogen (secondary N) is 2. The van der Waals surface area contributed by atoms with E-state index in [1.165, 1.54) is 36.4 Å². The SMILES string of the molecule is N#CC1=C(SCC(=O)Nc2ccc(F)cc2)NC(=O)C[C@@H]1c1ccccc1F. The fourth-order valence-corrected chi connectivity index (χ4v) is 3.70. The smallest absolute Gasteiger partial charge is 0.234 e. The van der Waals surface area contributed by atoms with Gasteiger partial charge in [0.1, 0.15) is 11.6 Å². The Morgan fingerprint density at radius 1 is 1.21 bits per heavy atom. The van der Waals surface area contributed by atoms with E-state index in [2.05, 4.69) is 10.6 Å². The van der Waals surface area contributed by atoms with Crippen LogP contribution in [0.25, 0.3) is 0 Å². The van der Waals surface area contributed by atoms with Crippen LogP contribution in [0.4, 0.5) is 14.5 Å². The number of benzene rings is 2. The van der Waals surface area contributed by atoms with Crippen LogP contribution in [0, 0.1) is 23.0 Å². The minimum Gasteiger partial charge on any atom is -0.325 e. The van der Waals surface area contributed by atoms with Crippen molar-refractivity contribution in [3.63, 3.8) is 0 Å². The standard InChI is InChI=1S/C20H15F2N3O2S/c21-12-5-7-13(8-6-12)24-19(27)11-28-20-16(10-23)15(9-18(26)25-20)14-3-1-2-4-17(14)22/h1-8,15H,9,11H2,(H,24,27)(H,25,26)/t15-/m1/s1. The number of nitriles is 1. The molecule has 5 nitrogen and oxygen atoms in total. The molecule has 0 aromatic heterocycles. The van der Waals surface area contributed by atoms with E-state index in [0.717, 1.165) is 11.8 Å². The van der Waals surface area contributed by atoms with Gasteiger partial charge in [0, 0.05) is 18.0 Å². The molecule has 28 heavy (non-hydrogen) atoms. The number of nitrogens with zero attached hydrogens (tertiary/aromatic N) is 1. The van der Waals surface area contributed by atoms with Gasteiger partial charge in [-0.25, -0.2) is 8.78 Å². The summed E-state index contributed by atoms with van der Waals surface area (Å²) >= 11 is 0.985. The predicted octanol–water partition coefficient (Wildman–Crippen LogP) is 3.68. The van der Waals surface area contributed by atoms with Crippen LogP contribution in [0.5, 0.6) is 0 Å². The first-order chi connectivity index (χ1) is 13.5. The number of anilines is 1. The van der Waals surface area contributed by atoms with Gasteiger partial charge in [0.2, 0.25) is 11.8 Å². The molecule has 0 saturated carbocycles. The minimum absolute atomic E-state index is 0.0460. The number of allylic oxidation sites excluding steroid dienone is 1. The molecule has 0 spiro atoms. The molecule has 2 aromatic rings. The van der Waals surface area contributed by atoms with Gasteiger partial charge in [-0.3, -0.25) is 9.59 Å². The van der Waals surface area contributed by atoms with E-state index < -0.39 is 17.6 Å². The van der Waals surface area contributed by atoms with E-state index in [1.54, 1.807) is 12.1 Å². The summed E-state index contributed by atoms with van der Waals surface area (Å²) in [5, 5.41) is 15.0. The quantitative estimate of drug-likeness (QED) is 0.804. The molecule has 3 rings (SSSR count). The van der Waals surface area contributed by atoms with Crippen molar-refractivity contribution in [1.29, 1.82) is 5.26 Å².